The van der Waals surface area contributed by atoms with Gasteiger partial charge in [0.05, 0.1) is 0 Å². The predicted octanol–water partition coefficient (Wildman–Crippen LogP) is 5.83. The zero-order chi connectivity index (χ0) is 19.2. The SMILES string of the molecule is ClCCN(CCCl)c1ccc2c(c1)Cc1cc(N(CCCl)CCCl)ccc1-2. The van der Waals surface area contributed by atoms with Crippen LogP contribution in [0.15, 0.2) is 36.4 Å². The summed E-state index contributed by atoms with van der Waals surface area (Å²) in [5.74, 6) is 2.37. The third kappa shape index (κ3) is 4.79. The Morgan fingerprint density at radius 3 is 1.30 bits per heavy atom. The van der Waals surface area contributed by atoms with Crippen molar-refractivity contribution >= 4 is 57.8 Å². The van der Waals surface area contributed by atoms with E-state index in [2.05, 4.69) is 46.2 Å². The van der Waals surface area contributed by atoms with Gasteiger partial charge < -0.3 is 9.80 Å². The lowest BCUT2D eigenvalue weighted by Crippen LogP contribution is -2.27. The predicted molar refractivity (Wildman–Crippen MR) is 122 cm³/mol. The first-order valence-electron chi connectivity index (χ1n) is 9.21. The fraction of sp³-hybridized carbons (Fsp3) is 0.429. The molecule has 0 radical (unpaired) electrons. The third-order valence-electron chi connectivity index (χ3n) is 5.00. The number of benzene rings is 2. The lowest BCUT2D eigenvalue weighted by atomic mass is 10.0. The van der Waals surface area contributed by atoms with Crippen LogP contribution in [0.25, 0.3) is 11.1 Å². The molecule has 2 aromatic rings. The Hall–Kier alpha value is -0.800. The molecule has 1 aliphatic rings. The van der Waals surface area contributed by atoms with Gasteiger partial charge in [0, 0.05) is 61.1 Å². The van der Waals surface area contributed by atoms with E-state index in [1.165, 1.54) is 33.6 Å². The quantitative estimate of drug-likeness (QED) is 0.362. The minimum absolute atomic E-state index is 0.592. The summed E-state index contributed by atoms with van der Waals surface area (Å²) in [5.41, 5.74) is 7.73. The zero-order valence-electron chi connectivity index (χ0n) is 15.2. The highest BCUT2D eigenvalue weighted by Crippen LogP contribution is 2.40. The Bertz CT molecular complexity index is 690. The Kier molecular flexibility index (Phi) is 7.84. The van der Waals surface area contributed by atoms with Crippen LogP contribution in [-0.4, -0.2) is 49.7 Å². The van der Waals surface area contributed by atoms with E-state index in [1.54, 1.807) is 0 Å². The molecule has 146 valence electrons. The molecule has 0 unspecified atom stereocenters. The number of nitrogens with zero attached hydrogens (tertiary/aromatic N) is 2. The molecule has 0 amide bonds. The second-order valence-electron chi connectivity index (χ2n) is 6.59. The Balaban J connectivity index is 1.86. The van der Waals surface area contributed by atoms with Crippen LogP contribution < -0.4 is 9.80 Å². The highest BCUT2D eigenvalue weighted by molar-refractivity contribution is 6.19. The second kappa shape index (κ2) is 10.1. The summed E-state index contributed by atoms with van der Waals surface area (Å²) < 4.78 is 0. The van der Waals surface area contributed by atoms with Gasteiger partial charge in [0.1, 0.15) is 0 Å². The van der Waals surface area contributed by atoms with E-state index < -0.39 is 0 Å². The van der Waals surface area contributed by atoms with E-state index >= 15 is 0 Å². The second-order valence-corrected chi connectivity index (χ2v) is 8.10. The normalized spacial score (nSPS) is 12.0. The smallest absolute Gasteiger partial charge is 0.0399 e. The first-order chi connectivity index (χ1) is 13.2. The molecule has 1 aliphatic carbocycles. The molecule has 0 saturated carbocycles. The summed E-state index contributed by atoms with van der Waals surface area (Å²) in [5, 5.41) is 0. The van der Waals surface area contributed by atoms with Gasteiger partial charge in [-0.15, -0.1) is 46.4 Å². The zero-order valence-corrected chi connectivity index (χ0v) is 18.3. The van der Waals surface area contributed by atoms with Crippen molar-refractivity contribution in [1.29, 1.82) is 0 Å². The molecule has 6 heteroatoms. The fourth-order valence-corrected chi connectivity index (χ4v) is 4.54. The van der Waals surface area contributed by atoms with Crippen LogP contribution in [0.4, 0.5) is 11.4 Å². The number of hydrogen-bond donors (Lipinski definition) is 0. The number of alkyl halides is 4. The maximum atomic E-state index is 5.96. The standard InChI is InChI=1S/C21H24Cl4N2/c22-5-9-26(10-6-23)18-1-3-20-16(14-18)13-17-15-19(2-4-21(17)20)27(11-7-24)12-8-25/h1-4,14-15H,5-13H2. The summed E-state index contributed by atoms with van der Waals surface area (Å²) in [6.45, 7) is 3.21. The fourth-order valence-electron chi connectivity index (χ4n) is 3.72. The molecule has 0 fully saturated rings. The first kappa shape index (κ1) is 20.9. The molecular weight excluding hydrogens is 422 g/mol. The van der Waals surface area contributed by atoms with Crippen molar-refractivity contribution < 1.29 is 0 Å². The Morgan fingerprint density at radius 1 is 0.593 bits per heavy atom. The number of fused-ring (bicyclic) bond motifs is 3. The molecule has 2 nitrogen and oxygen atoms in total. The minimum atomic E-state index is 0.592. The molecular formula is C21H24Cl4N2. The Labute approximate surface area is 181 Å². The summed E-state index contributed by atoms with van der Waals surface area (Å²) in [4.78, 5) is 4.49. The van der Waals surface area contributed by atoms with E-state index in [4.69, 9.17) is 46.4 Å². The number of anilines is 2. The van der Waals surface area contributed by atoms with Gasteiger partial charge in [0.15, 0.2) is 0 Å². The lowest BCUT2D eigenvalue weighted by Gasteiger charge is -2.23. The molecule has 0 saturated heterocycles. The lowest BCUT2D eigenvalue weighted by molar-refractivity contribution is 0.872. The van der Waals surface area contributed by atoms with Gasteiger partial charge in [-0.2, -0.15) is 0 Å². The monoisotopic (exact) mass is 444 g/mol. The van der Waals surface area contributed by atoms with Crippen molar-refractivity contribution in [3.8, 4) is 11.1 Å². The molecule has 0 bridgehead atoms. The van der Waals surface area contributed by atoms with Crippen molar-refractivity contribution in [1.82, 2.24) is 0 Å². The third-order valence-corrected chi connectivity index (χ3v) is 5.67. The van der Waals surface area contributed by atoms with Gasteiger partial charge >= 0.3 is 0 Å². The van der Waals surface area contributed by atoms with E-state index in [-0.39, 0.29) is 0 Å². The number of rotatable bonds is 10. The maximum absolute atomic E-state index is 5.96. The maximum Gasteiger partial charge on any atom is 0.0399 e. The van der Waals surface area contributed by atoms with E-state index in [0.29, 0.717) is 23.5 Å². The van der Waals surface area contributed by atoms with E-state index in [0.717, 1.165) is 32.6 Å². The summed E-state index contributed by atoms with van der Waals surface area (Å²) in [6.07, 6.45) is 0.942. The molecule has 0 spiro atoms. The van der Waals surface area contributed by atoms with Crippen LogP contribution in [-0.2, 0) is 6.42 Å². The molecule has 0 heterocycles. The summed E-state index contributed by atoms with van der Waals surface area (Å²) in [7, 11) is 0. The van der Waals surface area contributed by atoms with E-state index in [1.807, 2.05) is 0 Å². The average molecular weight is 446 g/mol. The van der Waals surface area contributed by atoms with Gasteiger partial charge in [0.25, 0.3) is 0 Å². The van der Waals surface area contributed by atoms with Crippen molar-refractivity contribution in [3.05, 3.63) is 47.5 Å². The molecule has 0 aromatic heterocycles. The van der Waals surface area contributed by atoms with Gasteiger partial charge in [-0.05, 0) is 52.9 Å². The number of halogens is 4. The first-order valence-corrected chi connectivity index (χ1v) is 11.4. The van der Waals surface area contributed by atoms with Crippen LogP contribution >= 0.6 is 46.4 Å². The van der Waals surface area contributed by atoms with Gasteiger partial charge in [-0.25, -0.2) is 0 Å². The van der Waals surface area contributed by atoms with Crippen LogP contribution in [0.2, 0.25) is 0 Å². The summed E-state index contributed by atoms with van der Waals surface area (Å²) >= 11 is 23.8. The largest absolute Gasteiger partial charge is 0.369 e. The molecule has 2 aromatic carbocycles. The van der Waals surface area contributed by atoms with Crippen molar-refractivity contribution in [2.75, 3.05) is 59.5 Å². The van der Waals surface area contributed by atoms with Crippen molar-refractivity contribution in [2.24, 2.45) is 0 Å². The van der Waals surface area contributed by atoms with Crippen LogP contribution in [0.3, 0.4) is 0 Å². The van der Waals surface area contributed by atoms with Crippen LogP contribution in [0.5, 0.6) is 0 Å². The Morgan fingerprint density at radius 2 is 0.963 bits per heavy atom. The van der Waals surface area contributed by atoms with Gasteiger partial charge in [0.2, 0.25) is 0 Å². The molecule has 0 atom stereocenters. The molecule has 0 aliphatic heterocycles. The minimum Gasteiger partial charge on any atom is -0.369 e. The average Bonchev–Trinajstić information content (AvgIpc) is 3.04. The van der Waals surface area contributed by atoms with Crippen LogP contribution in [0, 0.1) is 0 Å². The van der Waals surface area contributed by atoms with Gasteiger partial charge in [-0.1, -0.05) is 12.1 Å². The van der Waals surface area contributed by atoms with E-state index in [9.17, 15) is 0 Å². The van der Waals surface area contributed by atoms with Crippen molar-refractivity contribution in [2.45, 2.75) is 6.42 Å². The topological polar surface area (TPSA) is 6.48 Å². The molecule has 27 heavy (non-hydrogen) atoms. The van der Waals surface area contributed by atoms with Crippen LogP contribution in [0.1, 0.15) is 11.1 Å². The number of hydrogen-bond acceptors (Lipinski definition) is 2. The summed E-state index contributed by atoms with van der Waals surface area (Å²) in [6, 6.07) is 13.4. The molecule has 0 N–H and O–H groups in total. The highest BCUT2D eigenvalue weighted by Gasteiger charge is 2.21. The highest BCUT2D eigenvalue weighted by atomic mass is 35.5. The van der Waals surface area contributed by atoms with Gasteiger partial charge in [-0.3, -0.25) is 0 Å². The van der Waals surface area contributed by atoms with Crippen molar-refractivity contribution in [3.63, 3.8) is 0 Å². The molecule has 3 rings (SSSR count).